The number of carbonyl (C=O) groups excluding carboxylic acids is 2. The molecule has 3 N–H and O–H groups in total. The largest absolute Gasteiger partial charge is 0.365 e. The molecule has 3 aromatic rings. The molecule has 1 aliphatic heterocycles. The minimum atomic E-state index is -0.719. The molecule has 0 saturated carbocycles. The third-order valence-electron chi connectivity index (χ3n) is 5.67. The average molecular weight is 479 g/mol. The number of nitrogens with two attached hydrogens (primary N) is 1. The molecule has 0 spiro atoms. The highest BCUT2D eigenvalue weighted by Crippen LogP contribution is 2.31. The number of rotatable bonds is 4. The Morgan fingerprint density at radius 3 is 2.71 bits per heavy atom. The number of anilines is 1. The number of carbonyl (C=O) groups is 2. The van der Waals surface area contributed by atoms with E-state index >= 15 is 0 Å². The summed E-state index contributed by atoms with van der Waals surface area (Å²) in [4.78, 5) is 26.8. The normalized spacial score (nSPS) is 12.6. The minimum absolute atomic E-state index is 0.0767. The van der Waals surface area contributed by atoms with Crippen molar-refractivity contribution in [2.45, 2.75) is 20.0 Å². The van der Waals surface area contributed by atoms with Gasteiger partial charge in [-0.05, 0) is 42.8 Å². The van der Waals surface area contributed by atoms with Crippen molar-refractivity contribution in [3.05, 3.63) is 75.7 Å². The maximum atomic E-state index is 14.6. The molecule has 0 atom stereocenters. The lowest BCUT2D eigenvalue weighted by Crippen LogP contribution is -2.41. The summed E-state index contributed by atoms with van der Waals surface area (Å²) in [5.74, 6) is -1.20. The first-order valence-electron chi connectivity index (χ1n) is 10.3. The summed E-state index contributed by atoms with van der Waals surface area (Å²) in [5.41, 5.74) is 8.72. The van der Waals surface area contributed by atoms with E-state index in [1.54, 1.807) is 23.7 Å². The molecule has 4 rings (SSSR count). The molecule has 1 aliphatic rings. The molecule has 10 heteroatoms. The van der Waals surface area contributed by atoms with Gasteiger partial charge >= 0.3 is 6.03 Å². The SMILES string of the molecule is C=Cc1c(C)cc(-c2nn3c(c2C(N)=O)CN(C(=O)Nc2ccc(C#N)c(Cl)c2)CC3)cc1F. The van der Waals surface area contributed by atoms with Crippen LogP contribution in [-0.2, 0) is 13.1 Å². The van der Waals surface area contributed by atoms with Gasteiger partial charge in [0, 0.05) is 23.4 Å². The van der Waals surface area contributed by atoms with Gasteiger partial charge < -0.3 is 16.0 Å². The zero-order valence-electron chi connectivity index (χ0n) is 18.2. The molecule has 2 aromatic carbocycles. The highest BCUT2D eigenvalue weighted by molar-refractivity contribution is 6.32. The van der Waals surface area contributed by atoms with E-state index in [1.165, 1.54) is 29.2 Å². The first-order valence-corrected chi connectivity index (χ1v) is 10.7. The lowest BCUT2D eigenvalue weighted by atomic mass is 9.99. The Bertz CT molecular complexity index is 1370. The highest BCUT2D eigenvalue weighted by atomic mass is 35.5. The molecular weight excluding hydrogens is 459 g/mol. The highest BCUT2D eigenvalue weighted by Gasteiger charge is 2.30. The first-order chi connectivity index (χ1) is 16.2. The summed E-state index contributed by atoms with van der Waals surface area (Å²) in [6, 6.07) is 9.14. The Hall–Kier alpha value is -4.16. The van der Waals surface area contributed by atoms with Gasteiger partial charge in [-0.15, -0.1) is 0 Å². The quantitative estimate of drug-likeness (QED) is 0.580. The van der Waals surface area contributed by atoms with Crippen molar-refractivity contribution < 1.29 is 14.0 Å². The molecule has 1 aromatic heterocycles. The zero-order chi connectivity index (χ0) is 24.6. The maximum absolute atomic E-state index is 14.6. The molecule has 8 nitrogen and oxygen atoms in total. The van der Waals surface area contributed by atoms with Crippen LogP contribution in [0.3, 0.4) is 0 Å². The molecule has 0 radical (unpaired) electrons. The third-order valence-corrected chi connectivity index (χ3v) is 5.98. The van der Waals surface area contributed by atoms with Gasteiger partial charge in [-0.2, -0.15) is 10.4 Å². The van der Waals surface area contributed by atoms with Crippen LogP contribution in [-0.4, -0.2) is 33.2 Å². The molecule has 2 heterocycles. The number of aromatic nitrogens is 2. The lowest BCUT2D eigenvalue weighted by molar-refractivity contribution is 0.0997. The summed E-state index contributed by atoms with van der Waals surface area (Å²) in [7, 11) is 0. The Kier molecular flexibility index (Phi) is 6.09. The fourth-order valence-electron chi connectivity index (χ4n) is 3.99. The minimum Gasteiger partial charge on any atom is -0.365 e. The standard InChI is InChI=1S/C24H20ClFN6O2/c1-3-17-13(2)8-15(9-19(17)26)22-21(23(28)33)20-12-31(6-7-32(20)30-22)24(34)29-16-5-4-14(11-27)18(25)10-16/h3-5,8-10H,1,6-7,12H2,2H3,(H2,28,33)(H,29,34). The maximum Gasteiger partial charge on any atom is 0.322 e. The smallest absolute Gasteiger partial charge is 0.322 e. The molecule has 0 fully saturated rings. The van der Waals surface area contributed by atoms with Crippen LogP contribution >= 0.6 is 11.6 Å². The molecule has 0 aliphatic carbocycles. The van der Waals surface area contributed by atoms with E-state index in [1.807, 2.05) is 6.07 Å². The second-order valence-corrected chi connectivity index (χ2v) is 8.22. The van der Waals surface area contributed by atoms with Crippen LogP contribution in [0.15, 0.2) is 36.9 Å². The van der Waals surface area contributed by atoms with E-state index in [0.29, 0.717) is 46.7 Å². The summed E-state index contributed by atoms with van der Waals surface area (Å²) in [6.07, 6.45) is 1.43. The van der Waals surface area contributed by atoms with Crippen LogP contribution in [0.4, 0.5) is 14.9 Å². The van der Waals surface area contributed by atoms with Gasteiger partial charge in [-0.25, -0.2) is 9.18 Å². The molecule has 3 amide bonds. The number of benzene rings is 2. The summed E-state index contributed by atoms with van der Waals surface area (Å²) >= 11 is 6.04. The number of nitrogens with one attached hydrogen (secondary N) is 1. The third kappa shape index (κ3) is 4.11. The summed E-state index contributed by atoms with van der Waals surface area (Å²) < 4.78 is 16.2. The van der Waals surface area contributed by atoms with Gasteiger partial charge in [0.15, 0.2) is 0 Å². The Morgan fingerprint density at radius 1 is 1.32 bits per heavy atom. The van der Waals surface area contributed by atoms with Gasteiger partial charge in [0.1, 0.15) is 17.6 Å². The molecular formula is C24H20ClFN6O2. The fourth-order valence-corrected chi connectivity index (χ4v) is 4.21. The number of nitrogens with zero attached hydrogens (tertiary/aromatic N) is 4. The summed E-state index contributed by atoms with van der Waals surface area (Å²) in [6.45, 7) is 6.09. The number of aryl methyl sites for hydroxylation is 1. The van der Waals surface area contributed by atoms with Crippen molar-refractivity contribution in [1.29, 1.82) is 5.26 Å². The fraction of sp³-hybridized carbons (Fsp3) is 0.167. The van der Waals surface area contributed by atoms with Gasteiger partial charge in [-0.1, -0.05) is 24.3 Å². The number of primary amides is 1. The topological polar surface area (TPSA) is 117 Å². The van der Waals surface area contributed by atoms with Crippen molar-refractivity contribution >= 4 is 35.3 Å². The van der Waals surface area contributed by atoms with Gasteiger partial charge in [0.2, 0.25) is 0 Å². The monoisotopic (exact) mass is 478 g/mol. The second-order valence-electron chi connectivity index (χ2n) is 7.81. The number of hydrogen-bond acceptors (Lipinski definition) is 4. The van der Waals surface area contributed by atoms with Crippen molar-refractivity contribution in [1.82, 2.24) is 14.7 Å². The average Bonchev–Trinajstić information content (AvgIpc) is 3.18. The van der Waals surface area contributed by atoms with Gasteiger partial charge in [0.25, 0.3) is 5.91 Å². The lowest BCUT2D eigenvalue weighted by Gasteiger charge is -2.28. The molecule has 34 heavy (non-hydrogen) atoms. The Balaban J connectivity index is 1.64. The van der Waals surface area contributed by atoms with Crippen LogP contribution < -0.4 is 11.1 Å². The van der Waals surface area contributed by atoms with Crippen LogP contribution in [0.5, 0.6) is 0 Å². The molecule has 172 valence electrons. The van der Waals surface area contributed by atoms with Crippen molar-refractivity contribution in [2.75, 3.05) is 11.9 Å². The number of fused-ring (bicyclic) bond motifs is 1. The van der Waals surface area contributed by atoms with Gasteiger partial charge in [-0.3, -0.25) is 9.48 Å². The van der Waals surface area contributed by atoms with Crippen LogP contribution in [0.25, 0.3) is 17.3 Å². The predicted octanol–water partition coefficient (Wildman–Crippen LogP) is 4.31. The van der Waals surface area contributed by atoms with Crippen molar-refractivity contribution in [3.63, 3.8) is 0 Å². The van der Waals surface area contributed by atoms with E-state index in [4.69, 9.17) is 22.6 Å². The van der Waals surface area contributed by atoms with E-state index in [0.717, 1.165) is 0 Å². The van der Waals surface area contributed by atoms with E-state index < -0.39 is 17.8 Å². The van der Waals surface area contributed by atoms with Crippen molar-refractivity contribution in [2.24, 2.45) is 5.73 Å². The number of urea groups is 1. The van der Waals surface area contributed by atoms with E-state index in [9.17, 15) is 14.0 Å². The number of hydrogen-bond donors (Lipinski definition) is 2. The number of nitriles is 1. The van der Waals surface area contributed by atoms with Crippen molar-refractivity contribution in [3.8, 4) is 17.3 Å². The van der Waals surface area contributed by atoms with Gasteiger partial charge in [0.05, 0.1) is 34.9 Å². The second kappa shape index (κ2) is 9.00. The van der Waals surface area contributed by atoms with Crippen LogP contribution in [0, 0.1) is 24.1 Å². The summed E-state index contributed by atoms with van der Waals surface area (Å²) in [5, 5.41) is 16.5. The van der Waals surface area contributed by atoms with Crippen LogP contribution in [0.2, 0.25) is 5.02 Å². The first kappa shape index (κ1) is 23.0. The van der Waals surface area contributed by atoms with E-state index in [2.05, 4.69) is 17.0 Å². The molecule has 0 unspecified atom stereocenters. The molecule has 0 bridgehead atoms. The predicted molar refractivity (Wildman–Crippen MR) is 127 cm³/mol. The number of amides is 3. The Morgan fingerprint density at radius 2 is 2.09 bits per heavy atom. The zero-order valence-corrected chi connectivity index (χ0v) is 19.0. The molecule has 0 saturated heterocycles. The number of halogens is 2. The Labute approximate surface area is 200 Å². The van der Waals surface area contributed by atoms with E-state index in [-0.39, 0.29) is 22.8 Å². The van der Waals surface area contributed by atoms with Crippen LogP contribution in [0.1, 0.15) is 32.7 Å².